The van der Waals surface area contributed by atoms with Gasteiger partial charge in [0.05, 0.1) is 29.7 Å². The van der Waals surface area contributed by atoms with Gasteiger partial charge in [-0.1, -0.05) is 91.0 Å². The molecule has 0 radical (unpaired) electrons. The molecule has 42 heavy (non-hydrogen) atoms. The minimum Gasteiger partial charge on any atom is -0.368 e. The van der Waals surface area contributed by atoms with Crippen LogP contribution in [0.15, 0.2) is 126 Å². The summed E-state index contributed by atoms with van der Waals surface area (Å²) in [6, 6.07) is 39.3. The van der Waals surface area contributed by atoms with Gasteiger partial charge < -0.3 is 4.74 Å². The standard InChI is InChI=1S/C36H29N3O3/c40-34(26-12-5-2-6-13-26)38-36-37-32-22-28(24-9-3-1-4-10-24)17-19-31(32)35(41)39(36)23-30-18-20-33(42-30)29-16-15-25-11-7-8-14-27(25)21-29/h1-17,19,21-22,30,33H,18,20,23H2,(H,37,38,40)/t30-,33-/m0/s1. The third kappa shape index (κ3) is 5.08. The Morgan fingerprint density at radius 3 is 2.33 bits per heavy atom. The van der Waals surface area contributed by atoms with Crippen molar-refractivity contribution in [3.05, 3.63) is 143 Å². The van der Waals surface area contributed by atoms with E-state index in [4.69, 9.17) is 9.72 Å². The molecule has 0 spiro atoms. The third-order valence-electron chi connectivity index (χ3n) is 7.96. The molecule has 1 aliphatic heterocycles. The molecule has 1 saturated heterocycles. The van der Waals surface area contributed by atoms with E-state index >= 15 is 0 Å². The summed E-state index contributed by atoms with van der Waals surface area (Å²) in [6.07, 6.45) is 1.39. The van der Waals surface area contributed by atoms with Crippen LogP contribution in [-0.2, 0) is 11.3 Å². The summed E-state index contributed by atoms with van der Waals surface area (Å²) in [4.78, 5) is 31.9. The molecule has 7 rings (SSSR count). The van der Waals surface area contributed by atoms with Crippen LogP contribution >= 0.6 is 0 Å². The summed E-state index contributed by atoms with van der Waals surface area (Å²) < 4.78 is 8.04. The SMILES string of the molecule is O=C(Nc1nc2cc(-c3ccccc3)ccc2c(=O)n1C[C@@H]1CC[C@@H](c2ccc3ccccc3c2)O1)c1ccccc1. The first-order chi connectivity index (χ1) is 20.6. The van der Waals surface area contributed by atoms with Gasteiger partial charge in [0, 0.05) is 5.56 Å². The fourth-order valence-corrected chi connectivity index (χ4v) is 5.76. The van der Waals surface area contributed by atoms with Gasteiger partial charge in [0.2, 0.25) is 5.95 Å². The van der Waals surface area contributed by atoms with Gasteiger partial charge in [0.25, 0.3) is 11.5 Å². The molecule has 0 unspecified atom stereocenters. The van der Waals surface area contributed by atoms with Crippen molar-refractivity contribution in [3.63, 3.8) is 0 Å². The molecule has 1 aliphatic rings. The molecule has 5 aromatic carbocycles. The largest absolute Gasteiger partial charge is 0.368 e. The highest BCUT2D eigenvalue weighted by Gasteiger charge is 2.28. The van der Waals surface area contributed by atoms with Gasteiger partial charge in [0.1, 0.15) is 0 Å². The Morgan fingerprint density at radius 1 is 0.786 bits per heavy atom. The number of ether oxygens (including phenoxy) is 1. The molecule has 6 heteroatoms. The number of carbonyl (C=O) groups excluding carboxylic acids is 1. The minimum atomic E-state index is -0.323. The van der Waals surface area contributed by atoms with Crippen LogP contribution in [0.5, 0.6) is 0 Å². The van der Waals surface area contributed by atoms with Gasteiger partial charge in [-0.3, -0.25) is 19.5 Å². The van der Waals surface area contributed by atoms with Crippen LogP contribution in [0.3, 0.4) is 0 Å². The zero-order valence-electron chi connectivity index (χ0n) is 22.9. The van der Waals surface area contributed by atoms with Crippen LogP contribution in [0.1, 0.15) is 34.9 Å². The number of anilines is 1. The first kappa shape index (κ1) is 25.9. The van der Waals surface area contributed by atoms with Crippen LogP contribution in [0, 0.1) is 0 Å². The van der Waals surface area contributed by atoms with Crippen molar-refractivity contribution in [2.24, 2.45) is 0 Å². The highest BCUT2D eigenvalue weighted by molar-refractivity contribution is 6.03. The highest BCUT2D eigenvalue weighted by atomic mass is 16.5. The van der Waals surface area contributed by atoms with Crippen LogP contribution in [0.2, 0.25) is 0 Å². The number of rotatable bonds is 6. The smallest absolute Gasteiger partial charge is 0.262 e. The molecular formula is C36H29N3O3. The number of nitrogens with zero attached hydrogens (tertiary/aromatic N) is 2. The Morgan fingerprint density at radius 2 is 1.52 bits per heavy atom. The summed E-state index contributed by atoms with van der Waals surface area (Å²) in [5.74, 6) is -0.111. The molecule has 0 bridgehead atoms. The quantitative estimate of drug-likeness (QED) is 0.234. The van der Waals surface area contributed by atoms with E-state index in [9.17, 15) is 9.59 Å². The van der Waals surface area contributed by atoms with E-state index in [0.29, 0.717) is 16.5 Å². The Hall–Kier alpha value is -5.07. The van der Waals surface area contributed by atoms with E-state index in [2.05, 4.69) is 35.6 Å². The normalized spacial score (nSPS) is 16.6. The number of fused-ring (bicyclic) bond motifs is 2. The number of hydrogen-bond donors (Lipinski definition) is 1. The zero-order chi connectivity index (χ0) is 28.5. The van der Waals surface area contributed by atoms with Gasteiger partial charge in [-0.05, 0) is 70.6 Å². The average Bonchev–Trinajstić information content (AvgIpc) is 3.52. The second-order valence-corrected chi connectivity index (χ2v) is 10.7. The van der Waals surface area contributed by atoms with E-state index in [0.717, 1.165) is 29.5 Å². The van der Waals surface area contributed by atoms with E-state index in [-0.39, 0.29) is 36.2 Å². The van der Waals surface area contributed by atoms with Crippen molar-refractivity contribution in [1.82, 2.24) is 9.55 Å². The number of benzene rings is 5. The van der Waals surface area contributed by atoms with Crippen LogP contribution in [0.4, 0.5) is 5.95 Å². The second kappa shape index (κ2) is 11.1. The molecule has 0 aliphatic carbocycles. The molecule has 206 valence electrons. The van der Waals surface area contributed by atoms with Gasteiger partial charge in [0.15, 0.2) is 0 Å². The number of amides is 1. The maximum Gasteiger partial charge on any atom is 0.262 e. The van der Waals surface area contributed by atoms with Crippen LogP contribution in [0.25, 0.3) is 32.8 Å². The van der Waals surface area contributed by atoms with Crippen LogP contribution in [-0.4, -0.2) is 21.6 Å². The molecule has 2 atom stereocenters. The molecule has 1 fully saturated rings. The summed E-state index contributed by atoms with van der Waals surface area (Å²) in [5.41, 5.74) is 3.92. The van der Waals surface area contributed by atoms with Crippen molar-refractivity contribution in [2.75, 3.05) is 5.32 Å². The van der Waals surface area contributed by atoms with Gasteiger partial charge >= 0.3 is 0 Å². The lowest BCUT2D eigenvalue weighted by molar-refractivity contribution is 0.0348. The molecule has 0 saturated carbocycles. The fraction of sp³-hybridized carbons (Fsp3) is 0.139. The average molecular weight is 552 g/mol. The predicted molar refractivity (Wildman–Crippen MR) is 167 cm³/mol. The topological polar surface area (TPSA) is 73.2 Å². The Balaban J connectivity index is 1.22. The maximum atomic E-state index is 13.9. The summed E-state index contributed by atoms with van der Waals surface area (Å²) in [6.45, 7) is 0.288. The molecule has 1 N–H and O–H groups in total. The summed E-state index contributed by atoms with van der Waals surface area (Å²) >= 11 is 0. The number of carbonyl (C=O) groups is 1. The molecule has 6 aromatic rings. The van der Waals surface area contributed by atoms with Gasteiger partial charge in [-0.15, -0.1) is 0 Å². The first-order valence-corrected chi connectivity index (χ1v) is 14.2. The molecule has 1 amide bonds. The summed E-state index contributed by atoms with van der Waals surface area (Å²) in [5, 5.41) is 5.78. The van der Waals surface area contributed by atoms with Crippen molar-refractivity contribution < 1.29 is 9.53 Å². The number of nitrogens with one attached hydrogen (secondary N) is 1. The first-order valence-electron chi connectivity index (χ1n) is 14.2. The van der Waals surface area contributed by atoms with Gasteiger partial charge in [-0.2, -0.15) is 0 Å². The van der Waals surface area contributed by atoms with E-state index < -0.39 is 0 Å². The van der Waals surface area contributed by atoms with Crippen LogP contribution < -0.4 is 10.9 Å². The number of hydrogen-bond acceptors (Lipinski definition) is 4. The number of aromatic nitrogens is 2. The second-order valence-electron chi connectivity index (χ2n) is 10.7. The molecule has 1 aromatic heterocycles. The highest BCUT2D eigenvalue weighted by Crippen LogP contribution is 2.35. The lowest BCUT2D eigenvalue weighted by Crippen LogP contribution is -2.31. The monoisotopic (exact) mass is 551 g/mol. The van der Waals surface area contributed by atoms with Crippen molar-refractivity contribution in [3.8, 4) is 11.1 Å². The Kier molecular flexibility index (Phi) is 6.82. The Bertz CT molecular complexity index is 1970. The Labute approximate surface area is 243 Å². The summed E-state index contributed by atoms with van der Waals surface area (Å²) in [7, 11) is 0. The third-order valence-corrected chi connectivity index (χ3v) is 7.96. The van der Waals surface area contributed by atoms with Crippen molar-refractivity contribution >= 4 is 33.5 Å². The molecular weight excluding hydrogens is 522 g/mol. The van der Waals surface area contributed by atoms with E-state index in [1.807, 2.05) is 66.7 Å². The minimum absolute atomic E-state index is 0.0560. The van der Waals surface area contributed by atoms with Crippen molar-refractivity contribution in [2.45, 2.75) is 31.6 Å². The van der Waals surface area contributed by atoms with Crippen molar-refractivity contribution in [1.29, 1.82) is 0 Å². The lowest BCUT2D eigenvalue weighted by atomic mass is 10.0. The van der Waals surface area contributed by atoms with E-state index in [1.165, 1.54) is 10.8 Å². The predicted octanol–water partition coefficient (Wildman–Crippen LogP) is 7.39. The van der Waals surface area contributed by atoms with E-state index in [1.54, 1.807) is 28.8 Å². The molecule has 6 nitrogen and oxygen atoms in total. The lowest BCUT2D eigenvalue weighted by Gasteiger charge is -2.19. The van der Waals surface area contributed by atoms with Gasteiger partial charge in [-0.25, -0.2) is 4.98 Å². The fourth-order valence-electron chi connectivity index (χ4n) is 5.76. The maximum absolute atomic E-state index is 13.9. The zero-order valence-corrected chi connectivity index (χ0v) is 22.9. The molecule has 2 heterocycles.